The van der Waals surface area contributed by atoms with Gasteiger partial charge in [0.2, 0.25) is 10.0 Å². The van der Waals surface area contributed by atoms with E-state index in [1.165, 1.54) is 42.6 Å². The zero-order chi connectivity index (χ0) is 20.3. The lowest BCUT2D eigenvalue weighted by atomic mass is 10.1. The van der Waals surface area contributed by atoms with E-state index in [0.717, 1.165) is 0 Å². The van der Waals surface area contributed by atoms with E-state index in [9.17, 15) is 18.0 Å². The first-order valence-corrected chi connectivity index (χ1v) is 10.3. The van der Waals surface area contributed by atoms with Gasteiger partial charge in [0.05, 0.1) is 12.0 Å². The largest absolute Gasteiger partial charge is 0.497 e. The van der Waals surface area contributed by atoms with Gasteiger partial charge in [-0.2, -0.15) is 4.31 Å². The topological polar surface area (TPSA) is 84.0 Å². The van der Waals surface area contributed by atoms with Crippen molar-refractivity contribution in [3.05, 3.63) is 59.7 Å². The molecule has 1 saturated heterocycles. The highest BCUT2D eigenvalue weighted by atomic mass is 32.2. The number of sulfonamides is 1. The lowest BCUT2D eigenvalue weighted by Gasteiger charge is -2.34. The van der Waals surface area contributed by atoms with E-state index in [2.05, 4.69) is 0 Å². The van der Waals surface area contributed by atoms with Crippen LogP contribution in [0, 0.1) is 0 Å². The molecule has 8 heteroatoms. The Morgan fingerprint density at radius 1 is 0.929 bits per heavy atom. The van der Waals surface area contributed by atoms with E-state index in [1.54, 1.807) is 29.2 Å². The normalized spacial score (nSPS) is 15.3. The Morgan fingerprint density at radius 3 is 2.14 bits per heavy atom. The van der Waals surface area contributed by atoms with Gasteiger partial charge in [-0.05, 0) is 37.3 Å². The van der Waals surface area contributed by atoms with Crippen molar-refractivity contribution < 1.29 is 22.7 Å². The van der Waals surface area contributed by atoms with E-state index >= 15 is 0 Å². The first-order chi connectivity index (χ1) is 13.3. The Balaban J connectivity index is 1.68. The van der Waals surface area contributed by atoms with Crippen LogP contribution in [-0.4, -0.2) is 62.6 Å². The van der Waals surface area contributed by atoms with Gasteiger partial charge in [-0.3, -0.25) is 9.59 Å². The van der Waals surface area contributed by atoms with Crippen LogP contribution in [0.25, 0.3) is 0 Å². The molecule has 0 unspecified atom stereocenters. The summed E-state index contributed by atoms with van der Waals surface area (Å²) in [5.74, 6) is 0.330. The number of nitrogens with zero attached hydrogens (tertiary/aromatic N) is 2. The van der Waals surface area contributed by atoms with E-state index in [1.807, 2.05) is 0 Å². The van der Waals surface area contributed by atoms with Crippen molar-refractivity contribution in [1.29, 1.82) is 0 Å². The molecule has 2 aromatic rings. The van der Waals surface area contributed by atoms with Gasteiger partial charge in [0.1, 0.15) is 5.75 Å². The minimum absolute atomic E-state index is 0.117. The van der Waals surface area contributed by atoms with Crippen molar-refractivity contribution in [2.45, 2.75) is 11.8 Å². The number of ketones is 1. The highest BCUT2D eigenvalue weighted by Crippen LogP contribution is 2.20. The third-order valence-electron chi connectivity index (χ3n) is 4.74. The molecule has 1 aliphatic rings. The molecule has 2 aromatic carbocycles. The molecule has 1 aliphatic heterocycles. The Bertz CT molecular complexity index is 978. The van der Waals surface area contributed by atoms with Gasteiger partial charge >= 0.3 is 0 Å². The summed E-state index contributed by atoms with van der Waals surface area (Å²) in [4.78, 5) is 25.8. The van der Waals surface area contributed by atoms with Crippen molar-refractivity contribution in [3.63, 3.8) is 0 Å². The van der Waals surface area contributed by atoms with Crippen molar-refractivity contribution in [1.82, 2.24) is 9.21 Å². The number of amides is 1. The van der Waals surface area contributed by atoms with Crippen LogP contribution in [0.4, 0.5) is 0 Å². The average Bonchev–Trinajstić information content (AvgIpc) is 2.73. The molecule has 7 nitrogen and oxygen atoms in total. The number of methoxy groups -OCH3 is 1. The summed E-state index contributed by atoms with van der Waals surface area (Å²) in [7, 11) is -2.13. The second kappa shape index (κ2) is 8.12. The molecule has 0 spiro atoms. The monoisotopic (exact) mass is 402 g/mol. The summed E-state index contributed by atoms with van der Waals surface area (Å²) >= 11 is 0. The molecule has 0 N–H and O–H groups in total. The number of Topliss-reactive ketones (excluding diaryl/α,β-unsaturated/α-hetero) is 1. The molecule has 3 rings (SSSR count). The third-order valence-corrected chi connectivity index (χ3v) is 6.65. The number of piperazine rings is 1. The van der Waals surface area contributed by atoms with Gasteiger partial charge in [0.25, 0.3) is 5.91 Å². The van der Waals surface area contributed by atoms with Crippen LogP contribution in [0.2, 0.25) is 0 Å². The van der Waals surface area contributed by atoms with Crippen molar-refractivity contribution in [3.8, 4) is 5.75 Å². The highest BCUT2D eigenvalue weighted by Gasteiger charge is 2.30. The molecule has 1 heterocycles. The fourth-order valence-electron chi connectivity index (χ4n) is 3.08. The molecule has 28 heavy (non-hydrogen) atoms. The number of hydrogen-bond donors (Lipinski definition) is 0. The molecule has 0 radical (unpaired) electrons. The number of ether oxygens (including phenoxy) is 1. The molecular weight excluding hydrogens is 380 g/mol. The first-order valence-electron chi connectivity index (χ1n) is 8.87. The lowest BCUT2D eigenvalue weighted by Crippen LogP contribution is -2.50. The van der Waals surface area contributed by atoms with Crippen LogP contribution >= 0.6 is 0 Å². The smallest absolute Gasteiger partial charge is 0.254 e. The van der Waals surface area contributed by atoms with Gasteiger partial charge in [-0.1, -0.05) is 18.2 Å². The number of hydrogen-bond acceptors (Lipinski definition) is 5. The summed E-state index contributed by atoms with van der Waals surface area (Å²) < 4.78 is 32.2. The molecule has 0 aromatic heterocycles. The number of rotatable bonds is 5. The first kappa shape index (κ1) is 20.0. The SMILES string of the molecule is COc1cccc(C(=O)N2CCN(S(=O)(=O)c3ccc(C(C)=O)cc3)CC2)c1. The molecule has 0 saturated carbocycles. The minimum atomic E-state index is -3.66. The predicted molar refractivity (Wildman–Crippen MR) is 104 cm³/mol. The second-order valence-corrected chi connectivity index (χ2v) is 8.45. The minimum Gasteiger partial charge on any atom is -0.497 e. The van der Waals surface area contributed by atoms with E-state index in [-0.39, 0.29) is 29.7 Å². The van der Waals surface area contributed by atoms with Crippen LogP contribution in [0.1, 0.15) is 27.6 Å². The summed E-state index contributed by atoms with van der Waals surface area (Å²) in [6.45, 7) is 2.47. The summed E-state index contributed by atoms with van der Waals surface area (Å²) in [6.07, 6.45) is 0. The molecule has 0 aliphatic carbocycles. The number of carbonyl (C=O) groups excluding carboxylic acids is 2. The fourth-order valence-corrected chi connectivity index (χ4v) is 4.50. The van der Waals surface area contributed by atoms with E-state index in [0.29, 0.717) is 30.0 Å². The van der Waals surface area contributed by atoms with Crippen molar-refractivity contribution in [2.24, 2.45) is 0 Å². The fraction of sp³-hybridized carbons (Fsp3) is 0.300. The molecule has 0 bridgehead atoms. The molecule has 1 amide bonds. The van der Waals surface area contributed by atoms with Crippen LogP contribution in [0.3, 0.4) is 0 Å². The van der Waals surface area contributed by atoms with Gasteiger partial charge in [0, 0.05) is 37.3 Å². The maximum atomic E-state index is 12.8. The van der Waals surface area contributed by atoms with E-state index in [4.69, 9.17) is 4.74 Å². The van der Waals surface area contributed by atoms with Crippen molar-refractivity contribution in [2.75, 3.05) is 33.3 Å². The van der Waals surface area contributed by atoms with Gasteiger partial charge in [0.15, 0.2) is 5.78 Å². The Hall–Kier alpha value is -2.71. The summed E-state index contributed by atoms with van der Waals surface area (Å²) in [5.41, 5.74) is 0.975. The van der Waals surface area contributed by atoms with E-state index < -0.39 is 10.0 Å². The highest BCUT2D eigenvalue weighted by molar-refractivity contribution is 7.89. The number of benzene rings is 2. The predicted octanol–water partition coefficient (Wildman–Crippen LogP) is 2.04. The summed E-state index contributed by atoms with van der Waals surface area (Å²) in [6, 6.07) is 12.8. The maximum absolute atomic E-state index is 12.8. The zero-order valence-electron chi connectivity index (χ0n) is 15.8. The van der Waals surface area contributed by atoms with Crippen LogP contribution in [0.5, 0.6) is 5.75 Å². The summed E-state index contributed by atoms with van der Waals surface area (Å²) in [5, 5.41) is 0. The van der Waals surface area contributed by atoms with Crippen LogP contribution < -0.4 is 4.74 Å². The van der Waals surface area contributed by atoms with Crippen LogP contribution in [-0.2, 0) is 10.0 Å². The van der Waals surface area contributed by atoms with Gasteiger partial charge in [-0.15, -0.1) is 0 Å². The molecule has 1 fully saturated rings. The van der Waals surface area contributed by atoms with Crippen LogP contribution in [0.15, 0.2) is 53.4 Å². The molecule has 0 atom stereocenters. The average molecular weight is 402 g/mol. The Morgan fingerprint density at radius 2 is 1.57 bits per heavy atom. The maximum Gasteiger partial charge on any atom is 0.254 e. The third kappa shape index (κ3) is 4.07. The second-order valence-electron chi connectivity index (χ2n) is 6.51. The molecular formula is C20H22N2O5S. The van der Waals surface area contributed by atoms with Crippen molar-refractivity contribution >= 4 is 21.7 Å². The van der Waals surface area contributed by atoms with Gasteiger partial charge in [-0.25, -0.2) is 8.42 Å². The number of carbonyl (C=O) groups is 2. The Labute approximate surface area is 164 Å². The standard InChI is InChI=1S/C20H22N2O5S/c1-15(23)16-6-8-19(9-7-16)28(25,26)22-12-10-21(11-13-22)20(24)17-4-3-5-18(14-17)27-2/h3-9,14H,10-13H2,1-2H3. The zero-order valence-corrected chi connectivity index (χ0v) is 16.6. The lowest BCUT2D eigenvalue weighted by molar-refractivity contribution is 0.0697. The quantitative estimate of drug-likeness (QED) is 0.715. The Kier molecular flexibility index (Phi) is 5.81. The molecule has 148 valence electrons. The van der Waals surface area contributed by atoms with Gasteiger partial charge < -0.3 is 9.64 Å².